The summed E-state index contributed by atoms with van der Waals surface area (Å²) in [5.74, 6) is 0.375. The Hall–Kier alpha value is -3.41. The number of nitrogens with one attached hydrogen (secondary N) is 1. The van der Waals surface area contributed by atoms with E-state index in [4.69, 9.17) is 4.74 Å². The Balaban J connectivity index is 1.65. The predicted molar refractivity (Wildman–Crippen MR) is 118 cm³/mol. The highest BCUT2D eigenvalue weighted by molar-refractivity contribution is 5.92. The van der Waals surface area contributed by atoms with Crippen LogP contribution in [0.3, 0.4) is 0 Å². The summed E-state index contributed by atoms with van der Waals surface area (Å²) >= 11 is 0. The molecule has 3 aromatic rings. The van der Waals surface area contributed by atoms with Gasteiger partial charge in [-0.15, -0.1) is 0 Å². The molecule has 156 valence electrons. The number of carbonyl (C=O) groups excluding carboxylic acids is 1. The lowest BCUT2D eigenvalue weighted by atomic mass is 10.1. The number of aryl methyl sites for hydroxylation is 2. The number of aromatic nitrogens is 3. The fourth-order valence-corrected chi connectivity index (χ4v) is 3.20. The molecule has 1 amide bonds. The van der Waals surface area contributed by atoms with E-state index in [1.165, 1.54) is 11.1 Å². The van der Waals surface area contributed by atoms with E-state index < -0.39 is 0 Å². The van der Waals surface area contributed by atoms with E-state index in [-0.39, 0.29) is 5.91 Å². The molecule has 1 N–H and O–H groups in total. The van der Waals surface area contributed by atoms with Crippen molar-refractivity contribution in [3.8, 4) is 5.88 Å². The summed E-state index contributed by atoms with van der Waals surface area (Å²) in [5.41, 5.74) is 6.17. The smallest absolute Gasteiger partial charge is 0.244 e. The first-order valence-corrected chi connectivity index (χ1v) is 10.1. The van der Waals surface area contributed by atoms with Gasteiger partial charge in [0.1, 0.15) is 0 Å². The topological polar surface area (TPSA) is 69.0 Å². The highest BCUT2D eigenvalue weighted by Gasteiger charge is 2.10. The van der Waals surface area contributed by atoms with Crippen molar-refractivity contribution in [1.29, 1.82) is 0 Å². The van der Waals surface area contributed by atoms with Crippen LogP contribution in [0.4, 0.5) is 0 Å². The van der Waals surface area contributed by atoms with E-state index in [1.54, 1.807) is 12.3 Å². The number of ether oxygens (including phenoxy) is 1. The Morgan fingerprint density at radius 3 is 2.67 bits per heavy atom. The van der Waals surface area contributed by atoms with Crippen molar-refractivity contribution in [2.75, 3.05) is 6.61 Å². The van der Waals surface area contributed by atoms with Crippen LogP contribution in [0.2, 0.25) is 0 Å². The summed E-state index contributed by atoms with van der Waals surface area (Å²) in [6, 6.07) is 12.2. The third-order valence-electron chi connectivity index (χ3n) is 4.88. The van der Waals surface area contributed by atoms with Gasteiger partial charge in [-0.2, -0.15) is 5.10 Å². The Labute approximate surface area is 177 Å². The normalized spacial score (nSPS) is 11.1. The molecule has 6 nitrogen and oxygen atoms in total. The number of amides is 1. The average Bonchev–Trinajstić information content (AvgIpc) is 3.00. The SMILES string of the molecule is CCOc1ncccc1CNC(=O)/C=C/c1c(C)nn(Cc2ccc(C)cc2)c1C. The van der Waals surface area contributed by atoms with Crippen LogP contribution in [0, 0.1) is 20.8 Å². The van der Waals surface area contributed by atoms with E-state index in [9.17, 15) is 4.79 Å². The van der Waals surface area contributed by atoms with Gasteiger partial charge in [-0.3, -0.25) is 9.48 Å². The lowest BCUT2D eigenvalue weighted by molar-refractivity contribution is -0.116. The minimum Gasteiger partial charge on any atom is -0.478 e. The van der Waals surface area contributed by atoms with Crippen LogP contribution in [0.25, 0.3) is 6.08 Å². The Morgan fingerprint density at radius 1 is 1.17 bits per heavy atom. The number of benzene rings is 1. The van der Waals surface area contributed by atoms with Gasteiger partial charge < -0.3 is 10.1 Å². The molecule has 0 aliphatic carbocycles. The third kappa shape index (κ3) is 5.35. The van der Waals surface area contributed by atoms with Gasteiger partial charge in [-0.25, -0.2) is 4.98 Å². The van der Waals surface area contributed by atoms with Gasteiger partial charge >= 0.3 is 0 Å². The lowest BCUT2D eigenvalue weighted by Crippen LogP contribution is -2.21. The van der Waals surface area contributed by atoms with Gasteiger partial charge in [0.2, 0.25) is 11.8 Å². The van der Waals surface area contributed by atoms with E-state index >= 15 is 0 Å². The van der Waals surface area contributed by atoms with Crippen molar-refractivity contribution in [1.82, 2.24) is 20.1 Å². The molecule has 0 bridgehead atoms. The molecule has 0 spiro atoms. The highest BCUT2D eigenvalue weighted by atomic mass is 16.5. The maximum atomic E-state index is 12.3. The maximum Gasteiger partial charge on any atom is 0.244 e. The Morgan fingerprint density at radius 2 is 1.93 bits per heavy atom. The molecule has 6 heteroatoms. The quantitative estimate of drug-likeness (QED) is 0.577. The molecule has 0 aliphatic heterocycles. The van der Waals surface area contributed by atoms with Crippen molar-refractivity contribution in [3.05, 3.63) is 82.3 Å². The number of carbonyl (C=O) groups is 1. The lowest BCUT2D eigenvalue weighted by Gasteiger charge is -2.08. The summed E-state index contributed by atoms with van der Waals surface area (Å²) in [5, 5.41) is 7.53. The van der Waals surface area contributed by atoms with Crippen LogP contribution in [0.1, 0.15) is 40.6 Å². The van der Waals surface area contributed by atoms with Crippen molar-refractivity contribution in [2.24, 2.45) is 0 Å². The Bertz CT molecular complexity index is 1040. The van der Waals surface area contributed by atoms with E-state index in [0.29, 0.717) is 25.6 Å². The Kier molecular flexibility index (Phi) is 7.01. The maximum absolute atomic E-state index is 12.3. The first kappa shape index (κ1) is 21.3. The van der Waals surface area contributed by atoms with Crippen LogP contribution in [0.15, 0.2) is 48.7 Å². The molecule has 3 rings (SSSR count). The van der Waals surface area contributed by atoms with Crippen molar-refractivity contribution < 1.29 is 9.53 Å². The van der Waals surface area contributed by atoms with Crippen molar-refractivity contribution in [3.63, 3.8) is 0 Å². The molecule has 2 aromatic heterocycles. The molecule has 2 heterocycles. The highest BCUT2D eigenvalue weighted by Crippen LogP contribution is 2.17. The van der Waals surface area contributed by atoms with Crippen LogP contribution in [-0.2, 0) is 17.9 Å². The van der Waals surface area contributed by atoms with E-state index in [2.05, 4.69) is 46.6 Å². The van der Waals surface area contributed by atoms with Gasteiger partial charge in [-0.05, 0) is 45.4 Å². The first-order valence-electron chi connectivity index (χ1n) is 10.1. The molecule has 0 aliphatic rings. The molecule has 1 aromatic carbocycles. The standard InChI is InChI=1S/C24H28N4O2/c1-5-30-24-21(7-6-14-25-24)15-26-23(29)13-12-22-18(3)27-28(19(22)4)16-20-10-8-17(2)9-11-20/h6-14H,5,15-16H2,1-4H3,(H,26,29)/b13-12+. The van der Waals surface area contributed by atoms with Crippen LogP contribution in [-0.4, -0.2) is 27.3 Å². The fraction of sp³-hybridized carbons (Fsp3) is 0.292. The summed E-state index contributed by atoms with van der Waals surface area (Å²) in [6.07, 6.45) is 5.05. The monoisotopic (exact) mass is 404 g/mol. The largest absolute Gasteiger partial charge is 0.478 e. The molecule has 0 fully saturated rings. The number of rotatable bonds is 8. The number of nitrogens with zero attached hydrogens (tertiary/aromatic N) is 3. The van der Waals surface area contributed by atoms with Crippen molar-refractivity contribution >= 4 is 12.0 Å². The molecule has 0 atom stereocenters. The van der Waals surface area contributed by atoms with E-state index in [0.717, 1.165) is 22.5 Å². The first-order chi connectivity index (χ1) is 14.5. The zero-order valence-corrected chi connectivity index (χ0v) is 18.0. The predicted octanol–water partition coefficient (Wildman–Crippen LogP) is 3.98. The number of hydrogen-bond acceptors (Lipinski definition) is 4. The van der Waals surface area contributed by atoms with Gasteiger partial charge in [0.15, 0.2) is 0 Å². The second-order valence-corrected chi connectivity index (χ2v) is 7.18. The van der Waals surface area contributed by atoms with Gasteiger partial charge in [0.05, 0.1) is 18.8 Å². The third-order valence-corrected chi connectivity index (χ3v) is 4.88. The van der Waals surface area contributed by atoms with E-state index in [1.807, 2.05) is 43.7 Å². The second-order valence-electron chi connectivity index (χ2n) is 7.18. The zero-order chi connectivity index (χ0) is 21.5. The van der Waals surface area contributed by atoms with Gasteiger partial charge in [0.25, 0.3) is 0 Å². The van der Waals surface area contributed by atoms with Crippen LogP contribution in [0.5, 0.6) is 5.88 Å². The number of pyridine rings is 1. The summed E-state index contributed by atoms with van der Waals surface area (Å²) < 4.78 is 7.47. The summed E-state index contributed by atoms with van der Waals surface area (Å²) in [4.78, 5) is 16.5. The molecule has 0 unspecified atom stereocenters. The minimum atomic E-state index is -0.175. The van der Waals surface area contributed by atoms with Gasteiger partial charge in [0, 0.05) is 35.6 Å². The summed E-state index contributed by atoms with van der Waals surface area (Å²) in [7, 11) is 0. The molecule has 30 heavy (non-hydrogen) atoms. The molecule has 0 saturated heterocycles. The average molecular weight is 405 g/mol. The fourth-order valence-electron chi connectivity index (χ4n) is 3.20. The van der Waals surface area contributed by atoms with Gasteiger partial charge in [-0.1, -0.05) is 35.9 Å². The minimum absolute atomic E-state index is 0.175. The zero-order valence-electron chi connectivity index (χ0n) is 18.0. The van der Waals surface area contributed by atoms with Crippen LogP contribution >= 0.6 is 0 Å². The molecule has 0 saturated carbocycles. The van der Waals surface area contributed by atoms with Crippen LogP contribution < -0.4 is 10.1 Å². The second kappa shape index (κ2) is 9.87. The molecular formula is C24H28N4O2. The molecular weight excluding hydrogens is 376 g/mol. The molecule has 0 radical (unpaired) electrons. The summed E-state index contributed by atoms with van der Waals surface area (Å²) in [6.45, 7) is 9.56. The van der Waals surface area contributed by atoms with Crippen molar-refractivity contribution in [2.45, 2.75) is 40.8 Å². The number of hydrogen-bond donors (Lipinski definition) is 1.